The summed E-state index contributed by atoms with van der Waals surface area (Å²) >= 11 is 5.76. The largest absolute Gasteiger partial charge is 0.490 e. The highest BCUT2D eigenvalue weighted by molar-refractivity contribution is 7.91. The zero-order valence-electron chi connectivity index (χ0n) is 14.5. The fourth-order valence-corrected chi connectivity index (χ4v) is 4.35. The second kappa shape index (κ2) is 8.54. The van der Waals surface area contributed by atoms with Gasteiger partial charge >= 0.3 is 0 Å². The Hall–Kier alpha value is -1.70. The molecule has 0 saturated heterocycles. The first-order chi connectivity index (χ1) is 12.9. The summed E-state index contributed by atoms with van der Waals surface area (Å²) in [5, 5.41) is 0.477. The summed E-state index contributed by atoms with van der Waals surface area (Å²) < 4.78 is 62.7. The van der Waals surface area contributed by atoms with Crippen molar-refractivity contribution in [2.45, 2.75) is 17.7 Å². The van der Waals surface area contributed by atoms with Crippen LogP contribution in [0.3, 0.4) is 0 Å². The van der Waals surface area contributed by atoms with Gasteiger partial charge < -0.3 is 9.47 Å². The van der Waals surface area contributed by atoms with Gasteiger partial charge in [-0.3, -0.25) is 0 Å². The Kier molecular flexibility index (Phi) is 6.34. The smallest absolute Gasteiger partial charge is 0.178 e. The number of hydrogen-bond donors (Lipinski definition) is 0. The van der Waals surface area contributed by atoms with Gasteiger partial charge in [-0.05, 0) is 49.2 Å². The normalized spacial score (nSPS) is 16.6. The van der Waals surface area contributed by atoms with Gasteiger partial charge in [0.2, 0.25) is 0 Å². The highest BCUT2D eigenvalue weighted by Crippen LogP contribution is 2.32. The highest BCUT2D eigenvalue weighted by atomic mass is 35.5. The van der Waals surface area contributed by atoms with E-state index in [1.807, 2.05) is 0 Å². The molecule has 0 aliphatic carbocycles. The lowest BCUT2D eigenvalue weighted by molar-refractivity contribution is 0.0697. The first-order valence-electron chi connectivity index (χ1n) is 8.52. The molecule has 4 nitrogen and oxygen atoms in total. The second-order valence-corrected chi connectivity index (χ2v) is 8.96. The summed E-state index contributed by atoms with van der Waals surface area (Å²) in [5.41, 5.74) is 0.222. The van der Waals surface area contributed by atoms with E-state index in [0.717, 1.165) is 12.1 Å². The molecule has 8 heteroatoms. The zero-order valence-corrected chi connectivity index (χ0v) is 16.0. The van der Waals surface area contributed by atoms with Gasteiger partial charge in [-0.15, -0.1) is 0 Å². The number of sulfone groups is 1. The van der Waals surface area contributed by atoms with E-state index in [-0.39, 0.29) is 47.7 Å². The van der Waals surface area contributed by atoms with E-state index in [4.69, 9.17) is 21.1 Å². The molecular weight excluding hydrogens is 398 g/mol. The maximum atomic E-state index is 13.8. The first-order valence-corrected chi connectivity index (χ1v) is 10.6. The fourth-order valence-electron chi connectivity index (χ4n) is 2.94. The third kappa shape index (κ3) is 4.97. The van der Waals surface area contributed by atoms with Crippen LogP contribution < -0.4 is 4.74 Å². The van der Waals surface area contributed by atoms with Gasteiger partial charge in [-0.25, -0.2) is 17.2 Å². The van der Waals surface area contributed by atoms with Crippen LogP contribution in [0.1, 0.15) is 12.0 Å². The molecule has 1 heterocycles. The van der Waals surface area contributed by atoms with Crippen molar-refractivity contribution in [1.29, 1.82) is 0 Å². The quantitative estimate of drug-likeness (QED) is 0.639. The van der Waals surface area contributed by atoms with Crippen LogP contribution in [0, 0.1) is 17.6 Å². The second-order valence-electron chi connectivity index (χ2n) is 6.42. The monoisotopic (exact) mass is 416 g/mol. The Morgan fingerprint density at radius 3 is 2.56 bits per heavy atom. The molecule has 27 heavy (non-hydrogen) atoms. The molecule has 0 fully saturated rings. The van der Waals surface area contributed by atoms with E-state index in [2.05, 4.69) is 0 Å². The summed E-state index contributed by atoms with van der Waals surface area (Å²) in [5.74, 6) is -1.25. The summed E-state index contributed by atoms with van der Waals surface area (Å²) in [6, 6.07) is 8.15. The van der Waals surface area contributed by atoms with Crippen LogP contribution in [-0.2, 0) is 21.0 Å². The summed E-state index contributed by atoms with van der Waals surface area (Å²) in [6.07, 6.45) is 0.653. The van der Waals surface area contributed by atoms with Crippen molar-refractivity contribution < 1.29 is 26.7 Å². The summed E-state index contributed by atoms with van der Waals surface area (Å²) in [7, 11) is -3.39. The first kappa shape index (κ1) is 20.0. The lowest BCUT2D eigenvalue weighted by atomic mass is 9.97. The molecule has 1 aliphatic heterocycles. The molecule has 0 aromatic heterocycles. The zero-order chi connectivity index (χ0) is 19.4. The molecule has 0 saturated carbocycles. The minimum absolute atomic E-state index is 0.0275. The molecule has 0 bridgehead atoms. The molecule has 2 aromatic carbocycles. The Morgan fingerprint density at radius 2 is 1.81 bits per heavy atom. The van der Waals surface area contributed by atoms with E-state index in [1.54, 1.807) is 0 Å². The lowest BCUT2D eigenvalue weighted by Gasteiger charge is -2.25. The molecule has 0 unspecified atom stereocenters. The predicted molar refractivity (Wildman–Crippen MR) is 98.0 cm³/mol. The fraction of sp³-hybridized carbons (Fsp3) is 0.368. The van der Waals surface area contributed by atoms with Gasteiger partial charge in [-0.2, -0.15) is 0 Å². The standard InChI is InChI=1S/C19H19ClF2O4S/c20-14-2-4-15(5-3-14)27(23,24)9-1-8-25-11-13-10-16-17(21)6-7-18(22)19(16)26-12-13/h2-7,13H,1,8-12H2/t13-/m1/s1. The van der Waals surface area contributed by atoms with Crippen LogP contribution >= 0.6 is 11.6 Å². The minimum Gasteiger partial charge on any atom is -0.490 e. The molecule has 2 aromatic rings. The molecular formula is C19H19ClF2O4S. The van der Waals surface area contributed by atoms with E-state index in [9.17, 15) is 17.2 Å². The third-order valence-corrected chi connectivity index (χ3v) is 6.41. The van der Waals surface area contributed by atoms with Crippen LogP contribution in [0.2, 0.25) is 5.02 Å². The topological polar surface area (TPSA) is 52.6 Å². The SMILES string of the molecule is O=S(=O)(CCCOC[C@@H]1COc2c(F)ccc(F)c2C1)c1ccc(Cl)cc1. The van der Waals surface area contributed by atoms with E-state index < -0.39 is 21.5 Å². The molecule has 1 aliphatic rings. The van der Waals surface area contributed by atoms with E-state index in [0.29, 0.717) is 17.9 Å². The number of halogens is 3. The van der Waals surface area contributed by atoms with Crippen molar-refractivity contribution in [2.75, 3.05) is 25.6 Å². The highest BCUT2D eigenvalue weighted by Gasteiger charge is 2.25. The van der Waals surface area contributed by atoms with Crippen LogP contribution in [0.15, 0.2) is 41.3 Å². The summed E-state index contributed by atoms with van der Waals surface area (Å²) in [4.78, 5) is 0.224. The van der Waals surface area contributed by atoms with Gasteiger partial charge in [0, 0.05) is 23.1 Å². The maximum absolute atomic E-state index is 13.8. The molecule has 3 rings (SSSR count). The van der Waals surface area contributed by atoms with Crippen LogP contribution in [0.25, 0.3) is 0 Å². The van der Waals surface area contributed by atoms with Gasteiger partial charge in [0.05, 0.1) is 23.9 Å². The number of rotatable bonds is 7. The van der Waals surface area contributed by atoms with Crippen LogP contribution in [0.4, 0.5) is 8.78 Å². The Morgan fingerprint density at radius 1 is 1.11 bits per heavy atom. The summed E-state index contributed by atoms with van der Waals surface area (Å²) in [6.45, 7) is 0.772. The third-order valence-electron chi connectivity index (χ3n) is 4.34. The number of hydrogen-bond acceptors (Lipinski definition) is 4. The molecule has 146 valence electrons. The molecule has 1 atom stereocenters. The van der Waals surface area contributed by atoms with E-state index in [1.165, 1.54) is 24.3 Å². The Balaban J connectivity index is 1.44. The molecule has 0 amide bonds. The van der Waals surface area contributed by atoms with E-state index >= 15 is 0 Å². The molecule has 0 radical (unpaired) electrons. The van der Waals surface area contributed by atoms with Crippen LogP contribution in [0.5, 0.6) is 5.75 Å². The van der Waals surface area contributed by atoms with Crippen molar-refractivity contribution >= 4 is 21.4 Å². The average molecular weight is 417 g/mol. The lowest BCUT2D eigenvalue weighted by Crippen LogP contribution is -2.27. The number of benzene rings is 2. The van der Waals surface area contributed by atoms with Crippen molar-refractivity contribution in [1.82, 2.24) is 0 Å². The van der Waals surface area contributed by atoms with Gasteiger partial charge in [-0.1, -0.05) is 11.6 Å². The maximum Gasteiger partial charge on any atom is 0.178 e. The van der Waals surface area contributed by atoms with Crippen molar-refractivity contribution in [3.63, 3.8) is 0 Å². The van der Waals surface area contributed by atoms with Gasteiger partial charge in [0.15, 0.2) is 21.4 Å². The molecule has 0 spiro atoms. The van der Waals surface area contributed by atoms with Crippen LogP contribution in [-0.4, -0.2) is 34.0 Å². The van der Waals surface area contributed by atoms with Gasteiger partial charge in [0.1, 0.15) is 5.82 Å². The van der Waals surface area contributed by atoms with Crippen molar-refractivity contribution in [3.8, 4) is 5.75 Å². The Labute approximate surface area is 162 Å². The Bertz CT molecular complexity index is 901. The average Bonchev–Trinajstić information content (AvgIpc) is 2.65. The predicted octanol–water partition coefficient (Wildman–Crippen LogP) is 4.05. The van der Waals surface area contributed by atoms with Gasteiger partial charge in [0.25, 0.3) is 0 Å². The minimum atomic E-state index is -3.39. The van der Waals surface area contributed by atoms with Crippen molar-refractivity contribution in [3.05, 3.63) is 58.6 Å². The number of fused-ring (bicyclic) bond motifs is 1. The number of ether oxygens (including phenoxy) is 2. The molecule has 0 N–H and O–H groups in total. The van der Waals surface area contributed by atoms with Crippen molar-refractivity contribution in [2.24, 2.45) is 5.92 Å².